The molecule has 5 heteroatoms. The van der Waals surface area contributed by atoms with Gasteiger partial charge in [-0.15, -0.1) is 0 Å². The average Bonchev–Trinajstić information content (AvgIpc) is 3.02. The molecule has 106 valence electrons. The second-order valence-electron chi connectivity index (χ2n) is 4.93. The van der Waals surface area contributed by atoms with Crippen LogP contribution >= 0.6 is 0 Å². The minimum Gasteiger partial charge on any atom is -0.387 e. The third kappa shape index (κ3) is 3.84. The van der Waals surface area contributed by atoms with Crippen molar-refractivity contribution >= 4 is 11.6 Å². The second kappa shape index (κ2) is 7.12. The molecule has 1 aromatic carbocycles. The molecule has 1 aliphatic carbocycles. The molecule has 0 saturated heterocycles. The molecule has 0 radical (unpaired) electrons. The molecule has 0 unspecified atom stereocenters. The van der Waals surface area contributed by atoms with Crippen LogP contribution < -0.4 is 10.6 Å². The molecule has 0 heterocycles. The topological polar surface area (TPSA) is 88.7 Å². The van der Waals surface area contributed by atoms with Crippen LogP contribution in [-0.2, 0) is 4.79 Å². The van der Waals surface area contributed by atoms with Gasteiger partial charge in [0.05, 0.1) is 11.3 Å². The van der Waals surface area contributed by atoms with E-state index in [1.165, 1.54) is 19.0 Å². The quantitative estimate of drug-likeness (QED) is 0.655. The van der Waals surface area contributed by atoms with Crippen molar-refractivity contribution in [2.75, 3.05) is 5.32 Å². The summed E-state index contributed by atoms with van der Waals surface area (Å²) < 4.78 is 0. The van der Waals surface area contributed by atoms with Gasteiger partial charge < -0.3 is 10.6 Å². The molecule has 1 fully saturated rings. The molecule has 1 amide bonds. The van der Waals surface area contributed by atoms with Crippen LogP contribution in [0.15, 0.2) is 36.0 Å². The lowest BCUT2D eigenvalue weighted by molar-refractivity contribution is -0.112. The number of rotatable bonds is 4. The first-order valence-corrected chi connectivity index (χ1v) is 6.91. The van der Waals surface area contributed by atoms with Crippen molar-refractivity contribution in [3.63, 3.8) is 0 Å². The van der Waals surface area contributed by atoms with Gasteiger partial charge >= 0.3 is 0 Å². The van der Waals surface area contributed by atoms with Crippen LogP contribution in [0.25, 0.3) is 0 Å². The van der Waals surface area contributed by atoms with Crippen LogP contribution in [0, 0.1) is 22.7 Å². The van der Waals surface area contributed by atoms with Gasteiger partial charge in [-0.05, 0) is 25.0 Å². The van der Waals surface area contributed by atoms with Gasteiger partial charge in [0, 0.05) is 12.2 Å². The third-order valence-corrected chi connectivity index (χ3v) is 3.48. The first kappa shape index (κ1) is 14.6. The van der Waals surface area contributed by atoms with E-state index in [9.17, 15) is 4.79 Å². The number of carbonyl (C=O) groups excluding carboxylic acids is 1. The summed E-state index contributed by atoms with van der Waals surface area (Å²) in [6, 6.07) is 10.9. The maximum absolute atomic E-state index is 12.1. The largest absolute Gasteiger partial charge is 0.387 e. The van der Waals surface area contributed by atoms with E-state index in [0.29, 0.717) is 17.3 Å². The minimum absolute atomic E-state index is 0.00893. The third-order valence-electron chi connectivity index (χ3n) is 3.48. The van der Waals surface area contributed by atoms with Crippen LogP contribution in [0.3, 0.4) is 0 Å². The Kier molecular flexibility index (Phi) is 4.95. The van der Waals surface area contributed by atoms with Crippen LogP contribution in [0.5, 0.6) is 0 Å². The van der Waals surface area contributed by atoms with Crippen LogP contribution in [0.4, 0.5) is 5.69 Å². The summed E-state index contributed by atoms with van der Waals surface area (Å²) in [7, 11) is 0. The Morgan fingerprint density at radius 2 is 1.95 bits per heavy atom. The summed E-state index contributed by atoms with van der Waals surface area (Å²) in [5.74, 6) is -0.509. The molecule has 0 atom stereocenters. The van der Waals surface area contributed by atoms with Gasteiger partial charge in [0.1, 0.15) is 17.7 Å². The van der Waals surface area contributed by atoms with Gasteiger partial charge in [-0.2, -0.15) is 10.5 Å². The highest BCUT2D eigenvalue weighted by atomic mass is 16.1. The zero-order valence-electron chi connectivity index (χ0n) is 11.6. The summed E-state index contributed by atoms with van der Waals surface area (Å²) in [5, 5.41) is 23.8. The van der Waals surface area contributed by atoms with Crippen LogP contribution in [0.2, 0.25) is 0 Å². The van der Waals surface area contributed by atoms with Crippen molar-refractivity contribution in [3.8, 4) is 12.1 Å². The summed E-state index contributed by atoms with van der Waals surface area (Å²) in [6.07, 6.45) is 5.95. The Hall–Kier alpha value is -2.79. The van der Waals surface area contributed by atoms with Crippen molar-refractivity contribution in [2.45, 2.75) is 31.7 Å². The molecule has 1 aromatic rings. The normalized spacial score (nSPS) is 15.0. The van der Waals surface area contributed by atoms with E-state index < -0.39 is 5.91 Å². The molecule has 2 N–H and O–H groups in total. The molecule has 0 bridgehead atoms. The summed E-state index contributed by atoms with van der Waals surface area (Å²) in [6.45, 7) is 0. The zero-order chi connectivity index (χ0) is 15.1. The van der Waals surface area contributed by atoms with E-state index in [2.05, 4.69) is 10.6 Å². The number of benzene rings is 1. The van der Waals surface area contributed by atoms with Gasteiger partial charge in [0.25, 0.3) is 5.91 Å². The number of anilines is 1. The maximum atomic E-state index is 12.1. The smallest absolute Gasteiger partial charge is 0.267 e. The molecule has 1 saturated carbocycles. The van der Waals surface area contributed by atoms with Crippen molar-refractivity contribution in [3.05, 3.63) is 41.6 Å². The molecule has 21 heavy (non-hydrogen) atoms. The van der Waals surface area contributed by atoms with Gasteiger partial charge in [-0.1, -0.05) is 25.0 Å². The molecule has 0 spiro atoms. The second-order valence-corrected chi connectivity index (χ2v) is 4.93. The van der Waals surface area contributed by atoms with E-state index in [1.54, 1.807) is 24.3 Å². The average molecular weight is 280 g/mol. The lowest BCUT2D eigenvalue weighted by Gasteiger charge is -2.10. The van der Waals surface area contributed by atoms with Crippen molar-refractivity contribution in [1.82, 2.24) is 5.32 Å². The molecule has 0 aliphatic heterocycles. The number of nitrogens with zero attached hydrogens (tertiary/aromatic N) is 2. The zero-order valence-corrected chi connectivity index (χ0v) is 11.6. The molecule has 2 rings (SSSR count). The molecule has 0 aromatic heterocycles. The van der Waals surface area contributed by atoms with Gasteiger partial charge in [-0.3, -0.25) is 4.79 Å². The van der Waals surface area contributed by atoms with E-state index in [0.717, 1.165) is 12.8 Å². The molecule has 1 aliphatic rings. The predicted molar refractivity (Wildman–Crippen MR) is 78.9 cm³/mol. The van der Waals surface area contributed by atoms with E-state index in [4.69, 9.17) is 10.5 Å². The lowest BCUT2D eigenvalue weighted by Crippen LogP contribution is -2.23. The number of hydrogen-bond acceptors (Lipinski definition) is 4. The predicted octanol–water partition coefficient (Wildman–Crippen LogP) is 2.44. The fraction of sp³-hybridized carbons (Fsp3) is 0.312. The highest BCUT2D eigenvalue weighted by Gasteiger charge is 2.15. The Balaban J connectivity index is 2.05. The SMILES string of the molecule is N#C/C(=C/NC1CCCC1)C(=O)Nc1ccccc1C#N. The van der Waals surface area contributed by atoms with Crippen LogP contribution in [0.1, 0.15) is 31.2 Å². The van der Waals surface area contributed by atoms with Crippen molar-refractivity contribution in [2.24, 2.45) is 0 Å². The van der Waals surface area contributed by atoms with E-state index >= 15 is 0 Å². The first-order chi connectivity index (χ1) is 10.2. The summed E-state index contributed by atoms with van der Waals surface area (Å²) in [4.78, 5) is 12.1. The number of para-hydroxylation sites is 1. The summed E-state index contributed by atoms with van der Waals surface area (Å²) >= 11 is 0. The van der Waals surface area contributed by atoms with Crippen molar-refractivity contribution < 1.29 is 4.79 Å². The Morgan fingerprint density at radius 1 is 1.24 bits per heavy atom. The number of nitrogens with one attached hydrogen (secondary N) is 2. The monoisotopic (exact) mass is 280 g/mol. The van der Waals surface area contributed by atoms with Gasteiger partial charge in [0.2, 0.25) is 0 Å². The number of nitriles is 2. The maximum Gasteiger partial charge on any atom is 0.267 e. The minimum atomic E-state index is -0.509. The fourth-order valence-corrected chi connectivity index (χ4v) is 2.32. The van der Waals surface area contributed by atoms with Gasteiger partial charge in [0.15, 0.2) is 0 Å². The fourth-order valence-electron chi connectivity index (χ4n) is 2.32. The Morgan fingerprint density at radius 3 is 2.62 bits per heavy atom. The molecular formula is C16H16N4O. The van der Waals surface area contributed by atoms with Gasteiger partial charge in [-0.25, -0.2) is 0 Å². The standard InChI is InChI=1S/C16H16N4O/c17-9-12-5-1-4-8-15(12)20-16(21)13(10-18)11-19-14-6-2-3-7-14/h1,4-5,8,11,14,19H,2-3,6-7H2,(H,20,21)/b13-11-. The van der Waals surface area contributed by atoms with E-state index in [-0.39, 0.29) is 5.57 Å². The lowest BCUT2D eigenvalue weighted by atomic mass is 10.2. The Bertz CT molecular complexity index is 630. The summed E-state index contributed by atoms with van der Waals surface area (Å²) in [5.41, 5.74) is 0.786. The number of carbonyl (C=O) groups is 1. The highest BCUT2D eigenvalue weighted by molar-refractivity contribution is 6.07. The number of hydrogen-bond donors (Lipinski definition) is 2. The number of amides is 1. The highest BCUT2D eigenvalue weighted by Crippen LogP contribution is 2.18. The molecular weight excluding hydrogens is 264 g/mol. The first-order valence-electron chi connectivity index (χ1n) is 6.91. The van der Waals surface area contributed by atoms with E-state index in [1.807, 2.05) is 12.1 Å². The Labute approximate surface area is 123 Å². The van der Waals surface area contributed by atoms with Crippen molar-refractivity contribution in [1.29, 1.82) is 10.5 Å². The van der Waals surface area contributed by atoms with Crippen LogP contribution in [-0.4, -0.2) is 11.9 Å². The molecule has 5 nitrogen and oxygen atoms in total.